The molecule has 1 nitrogen and oxygen atoms in total. The maximum atomic E-state index is 5.69. The first-order valence-corrected chi connectivity index (χ1v) is 6.17. The predicted molar refractivity (Wildman–Crippen MR) is 72.4 cm³/mol. The fraction of sp³-hybridized carbons (Fsp3) is 0.571. The van der Waals surface area contributed by atoms with E-state index in [0.29, 0.717) is 0 Å². The number of rotatable bonds is 3. The minimum Gasteiger partial charge on any atom is -0.330 e. The van der Waals surface area contributed by atoms with Gasteiger partial charge in [-0.1, -0.05) is 25.1 Å². The lowest BCUT2D eigenvalue weighted by Gasteiger charge is -2.25. The Morgan fingerprint density at radius 1 is 1.38 bits per heavy atom. The summed E-state index contributed by atoms with van der Waals surface area (Å²) in [5, 5.41) is 0. The van der Waals surface area contributed by atoms with E-state index in [1.807, 2.05) is 0 Å². The Hall–Kier alpha value is -0.530. The standard InChI is InChI=1S/C14H21N.ClH/c1-2-11-6-7-12-4-3-5-13(8-9-15)14(12)10-11;/h6-7,10,13H,2-5,8-9,15H2,1H3;1H. The van der Waals surface area contributed by atoms with E-state index in [9.17, 15) is 0 Å². The summed E-state index contributed by atoms with van der Waals surface area (Å²) < 4.78 is 0. The smallest absolute Gasteiger partial charge is 0.00714 e. The van der Waals surface area contributed by atoms with Gasteiger partial charge in [0, 0.05) is 0 Å². The minimum absolute atomic E-state index is 0. The first kappa shape index (κ1) is 13.5. The van der Waals surface area contributed by atoms with Crippen LogP contribution in [0, 0.1) is 0 Å². The molecule has 0 spiro atoms. The maximum absolute atomic E-state index is 5.69. The lowest BCUT2D eigenvalue weighted by molar-refractivity contribution is 0.525. The molecular weight excluding hydrogens is 218 g/mol. The molecule has 0 heterocycles. The van der Waals surface area contributed by atoms with Crippen molar-refractivity contribution in [2.75, 3.05) is 6.54 Å². The van der Waals surface area contributed by atoms with Gasteiger partial charge < -0.3 is 5.73 Å². The summed E-state index contributed by atoms with van der Waals surface area (Å²) in [4.78, 5) is 0. The van der Waals surface area contributed by atoms with Crippen molar-refractivity contribution >= 4 is 12.4 Å². The molecule has 2 N–H and O–H groups in total. The predicted octanol–water partition coefficient (Wildman–Crippen LogP) is 3.44. The average Bonchev–Trinajstić information content (AvgIpc) is 2.29. The van der Waals surface area contributed by atoms with Crippen LogP contribution in [0.5, 0.6) is 0 Å². The topological polar surface area (TPSA) is 26.0 Å². The highest BCUT2D eigenvalue weighted by Crippen LogP contribution is 2.34. The summed E-state index contributed by atoms with van der Waals surface area (Å²) in [7, 11) is 0. The van der Waals surface area contributed by atoms with E-state index in [0.717, 1.165) is 25.3 Å². The fourth-order valence-corrected chi connectivity index (χ4v) is 2.67. The van der Waals surface area contributed by atoms with Gasteiger partial charge in [-0.15, -0.1) is 12.4 Å². The van der Waals surface area contributed by atoms with Crippen molar-refractivity contribution in [3.05, 3.63) is 34.9 Å². The molecule has 1 atom stereocenters. The van der Waals surface area contributed by atoms with E-state index in [1.165, 1.54) is 24.8 Å². The first-order valence-electron chi connectivity index (χ1n) is 6.17. The number of hydrogen-bond donors (Lipinski definition) is 1. The van der Waals surface area contributed by atoms with Gasteiger partial charge >= 0.3 is 0 Å². The van der Waals surface area contributed by atoms with E-state index in [1.54, 1.807) is 11.1 Å². The van der Waals surface area contributed by atoms with Gasteiger partial charge in [0.2, 0.25) is 0 Å². The van der Waals surface area contributed by atoms with Crippen molar-refractivity contribution in [1.29, 1.82) is 0 Å². The second-order valence-corrected chi connectivity index (χ2v) is 4.55. The van der Waals surface area contributed by atoms with Crippen LogP contribution in [0.2, 0.25) is 0 Å². The van der Waals surface area contributed by atoms with Crippen molar-refractivity contribution in [2.45, 2.75) is 44.9 Å². The third kappa shape index (κ3) is 2.78. The zero-order valence-electron chi connectivity index (χ0n) is 10.0. The Morgan fingerprint density at radius 2 is 2.19 bits per heavy atom. The number of hydrogen-bond acceptors (Lipinski definition) is 1. The molecular formula is C14H22ClN. The van der Waals surface area contributed by atoms with Crippen molar-refractivity contribution in [3.8, 4) is 0 Å². The molecule has 16 heavy (non-hydrogen) atoms. The van der Waals surface area contributed by atoms with Gasteiger partial charge in [-0.25, -0.2) is 0 Å². The van der Waals surface area contributed by atoms with Gasteiger partial charge in [0.1, 0.15) is 0 Å². The van der Waals surface area contributed by atoms with E-state index in [2.05, 4.69) is 25.1 Å². The van der Waals surface area contributed by atoms with Crippen LogP contribution >= 0.6 is 12.4 Å². The van der Waals surface area contributed by atoms with Crippen LogP contribution in [0.4, 0.5) is 0 Å². The normalized spacial score (nSPS) is 18.8. The Morgan fingerprint density at radius 3 is 2.88 bits per heavy atom. The largest absolute Gasteiger partial charge is 0.330 e. The van der Waals surface area contributed by atoms with E-state index in [4.69, 9.17) is 5.73 Å². The summed E-state index contributed by atoms with van der Waals surface area (Å²) in [6.45, 7) is 3.04. The monoisotopic (exact) mass is 239 g/mol. The quantitative estimate of drug-likeness (QED) is 0.859. The number of aryl methyl sites for hydroxylation is 2. The van der Waals surface area contributed by atoms with E-state index in [-0.39, 0.29) is 12.4 Å². The molecule has 0 amide bonds. The second-order valence-electron chi connectivity index (χ2n) is 4.55. The second kappa shape index (κ2) is 6.27. The Kier molecular flexibility index (Phi) is 5.30. The van der Waals surface area contributed by atoms with E-state index >= 15 is 0 Å². The molecule has 1 aromatic carbocycles. The third-order valence-electron chi connectivity index (χ3n) is 3.57. The molecule has 0 saturated heterocycles. The molecule has 90 valence electrons. The molecule has 0 aliphatic heterocycles. The number of benzene rings is 1. The van der Waals surface area contributed by atoms with Crippen LogP contribution < -0.4 is 5.73 Å². The first-order chi connectivity index (χ1) is 7.35. The van der Waals surface area contributed by atoms with Crippen LogP contribution in [0.3, 0.4) is 0 Å². The highest BCUT2D eigenvalue weighted by molar-refractivity contribution is 5.85. The molecule has 0 radical (unpaired) electrons. The number of fused-ring (bicyclic) bond motifs is 1. The van der Waals surface area contributed by atoms with Crippen molar-refractivity contribution < 1.29 is 0 Å². The molecule has 0 aromatic heterocycles. The molecule has 1 aliphatic carbocycles. The highest BCUT2D eigenvalue weighted by Gasteiger charge is 2.19. The molecule has 2 heteroatoms. The van der Waals surface area contributed by atoms with Crippen molar-refractivity contribution in [3.63, 3.8) is 0 Å². The molecule has 0 bridgehead atoms. The van der Waals surface area contributed by atoms with Crippen LogP contribution in [-0.2, 0) is 12.8 Å². The van der Waals surface area contributed by atoms with Gasteiger partial charge in [-0.05, 0) is 61.3 Å². The van der Waals surface area contributed by atoms with Gasteiger partial charge in [0.15, 0.2) is 0 Å². The summed E-state index contributed by atoms with van der Waals surface area (Å²) >= 11 is 0. The van der Waals surface area contributed by atoms with Crippen molar-refractivity contribution in [1.82, 2.24) is 0 Å². The summed E-state index contributed by atoms with van der Waals surface area (Å²) in [6, 6.07) is 7.02. The Bertz CT molecular complexity index is 336. The van der Waals surface area contributed by atoms with Crippen LogP contribution in [0.25, 0.3) is 0 Å². The summed E-state index contributed by atoms with van der Waals surface area (Å²) in [5.74, 6) is 0.727. The summed E-state index contributed by atoms with van der Waals surface area (Å²) in [5.41, 5.74) is 10.3. The third-order valence-corrected chi connectivity index (χ3v) is 3.57. The minimum atomic E-state index is 0. The number of halogens is 1. The highest BCUT2D eigenvalue weighted by atomic mass is 35.5. The lowest BCUT2D eigenvalue weighted by Crippen LogP contribution is -2.14. The van der Waals surface area contributed by atoms with Gasteiger partial charge in [0.05, 0.1) is 0 Å². The van der Waals surface area contributed by atoms with Crippen LogP contribution in [-0.4, -0.2) is 6.54 Å². The molecule has 0 fully saturated rings. The Labute approximate surface area is 105 Å². The van der Waals surface area contributed by atoms with E-state index < -0.39 is 0 Å². The number of nitrogens with two attached hydrogens (primary N) is 1. The summed E-state index contributed by atoms with van der Waals surface area (Å²) in [6.07, 6.45) is 6.23. The molecule has 2 rings (SSSR count). The lowest BCUT2D eigenvalue weighted by atomic mass is 9.80. The van der Waals surface area contributed by atoms with Crippen LogP contribution in [0.1, 0.15) is 48.8 Å². The SMILES string of the molecule is CCc1ccc2c(c1)C(CCN)CCC2.Cl. The van der Waals surface area contributed by atoms with Crippen LogP contribution in [0.15, 0.2) is 18.2 Å². The fourth-order valence-electron chi connectivity index (χ4n) is 2.67. The molecule has 1 unspecified atom stereocenters. The zero-order chi connectivity index (χ0) is 10.7. The molecule has 1 aliphatic rings. The molecule has 0 saturated carbocycles. The zero-order valence-corrected chi connectivity index (χ0v) is 10.9. The maximum Gasteiger partial charge on any atom is -0.00714 e. The van der Waals surface area contributed by atoms with Gasteiger partial charge in [-0.2, -0.15) is 0 Å². The average molecular weight is 240 g/mol. The van der Waals surface area contributed by atoms with Gasteiger partial charge in [0.25, 0.3) is 0 Å². The van der Waals surface area contributed by atoms with Gasteiger partial charge in [-0.3, -0.25) is 0 Å². The van der Waals surface area contributed by atoms with Crippen molar-refractivity contribution in [2.24, 2.45) is 5.73 Å². The molecule has 1 aromatic rings. The Balaban J connectivity index is 0.00000128.